The number of halogens is 1. The van der Waals surface area contributed by atoms with Crippen LogP contribution in [0.25, 0.3) is 0 Å². The Labute approximate surface area is 91.7 Å². The van der Waals surface area contributed by atoms with Gasteiger partial charge in [0, 0.05) is 12.0 Å². The molecule has 2 heteroatoms. The zero-order valence-corrected chi connectivity index (χ0v) is 9.81. The molecule has 0 saturated heterocycles. The Balaban J connectivity index is 2.72. The molecule has 1 rings (SSSR count). The molecule has 0 aromatic heterocycles. The van der Waals surface area contributed by atoms with E-state index in [1.165, 1.54) is 6.07 Å². The van der Waals surface area contributed by atoms with E-state index in [0.717, 1.165) is 25.1 Å². The van der Waals surface area contributed by atoms with Crippen LogP contribution < -0.4 is 5.32 Å². The molecule has 0 heterocycles. The van der Waals surface area contributed by atoms with Crippen molar-refractivity contribution in [3.8, 4) is 0 Å². The summed E-state index contributed by atoms with van der Waals surface area (Å²) in [7, 11) is 0. The normalized spacial score (nSPS) is 11.7. The highest BCUT2D eigenvalue weighted by atomic mass is 19.1. The second kappa shape index (κ2) is 5.26. The minimum Gasteiger partial charge on any atom is -0.316 e. The molecule has 1 aromatic rings. The molecule has 0 spiro atoms. The van der Waals surface area contributed by atoms with Gasteiger partial charge in [-0.1, -0.05) is 39.0 Å². The molecule has 15 heavy (non-hydrogen) atoms. The quantitative estimate of drug-likeness (QED) is 0.735. The van der Waals surface area contributed by atoms with Crippen LogP contribution in [-0.4, -0.2) is 13.1 Å². The molecule has 0 saturated carbocycles. The standard InChI is InChI=1S/C13H20FN/c1-4-9-15-10-13(2,3)11-7-5-6-8-12(11)14/h5-8,15H,4,9-10H2,1-3H3. The van der Waals surface area contributed by atoms with Crippen molar-refractivity contribution in [3.63, 3.8) is 0 Å². The molecule has 0 radical (unpaired) electrons. The van der Waals surface area contributed by atoms with E-state index in [0.29, 0.717) is 0 Å². The lowest BCUT2D eigenvalue weighted by Crippen LogP contribution is -2.34. The number of benzene rings is 1. The summed E-state index contributed by atoms with van der Waals surface area (Å²) in [5, 5.41) is 3.33. The zero-order valence-electron chi connectivity index (χ0n) is 9.81. The monoisotopic (exact) mass is 209 g/mol. The Hall–Kier alpha value is -0.890. The van der Waals surface area contributed by atoms with Gasteiger partial charge in [-0.25, -0.2) is 4.39 Å². The van der Waals surface area contributed by atoms with Crippen molar-refractivity contribution in [2.24, 2.45) is 0 Å². The first-order valence-electron chi connectivity index (χ1n) is 5.53. The van der Waals surface area contributed by atoms with E-state index in [2.05, 4.69) is 26.1 Å². The first-order valence-corrected chi connectivity index (χ1v) is 5.53. The summed E-state index contributed by atoms with van der Waals surface area (Å²) in [6, 6.07) is 7.01. The van der Waals surface area contributed by atoms with E-state index in [4.69, 9.17) is 0 Å². The lowest BCUT2D eigenvalue weighted by Gasteiger charge is -2.26. The highest BCUT2D eigenvalue weighted by Gasteiger charge is 2.22. The van der Waals surface area contributed by atoms with Gasteiger partial charge in [-0.15, -0.1) is 0 Å². The molecular formula is C13H20FN. The third-order valence-corrected chi connectivity index (χ3v) is 2.60. The molecule has 1 N–H and O–H groups in total. The van der Waals surface area contributed by atoms with Gasteiger partial charge in [0.2, 0.25) is 0 Å². The summed E-state index contributed by atoms with van der Waals surface area (Å²) in [5.41, 5.74) is 0.633. The number of nitrogens with one attached hydrogen (secondary N) is 1. The van der Waals surface area contributed by atoms with Gasteiger partial charge in [0.25, 0.3) is 0 Å². The molecule has 84 valence electrons. The van der Waals surface area contributed by atoms with Crippen LogP contribution in [-0.2, 0) is 5.41 Å². The second-order valence-electron chi connectivity index (χ2n) is 4.54. The van der Waals surface area contributed by atoms with Gasteiger partial charge in [0.05, 0.1) is 0 Å². The van der Waals surface area contributed by atoms with Crippen molar-refractivity contribution >= 4 is 0 Å². The SMILES string of the molecule is CCCNCC(C)(C)c1ccccc1F. The number of hydrogen-bond donors (Lipinski definition) is 1. The largest absolute Gasteiger partial charge is 0.316 e. The molecule has 1 aromatic carbocycles. The lowest BCUT2D eigenvalue weighted by atomic mass is 9.84. The fourth-order valence-corrected chi connectivity index (χ4v) is 1.68. The van der Waals surface area contributed by atoms with Gasteiger partial charge >= 0.3 is 0 Å². The van der Waals surface area contributed by atoms with Crippen molar-refractivity contribution in [2.45, 2.75) is 32.6 Å². The van der Waals surface area contributed by atoms with Crippen molar-refractivity contribution in [2.75, 3.05) is 13.1 Å². The molecular weight excluding hydrogens is 189 g/mol. The maximum absolute atomic E-state index is 13.6. The van der Waals surface area contributed by atoms with Crippen LogP contribution in [0.15, 0.2) is 24.3 Å². The van der Waals surface area contributed by atoms with Crippen LogP contribution in [0.1, 0.15) is 32.8 Å². The minimum atomic E-state index is -0.152. The summed E-state index contributed by atoms with van der Waals surface area (Å²) in [6.07, 6.45) is 1.10. The number of hydrogen-bond acceptors (Lipinski definition) is 1. The van der Waals surface area contributed by atoms with Gasteiger partial charge in [0.15, 0.2) is 0 Å². The van der Waals surface area contributed by atoms with E-state index in [1.54, 1.807) is 6.07 Å². The average Bonchev–Trinajstić information content (AvgIpc) is 2.18. The predicted octanol–water partition coefficient (Wildman–Crippen LogP) is 3.10. The van der Waals surface area contributed by atoms with Gasteiger partial charge in [-0.3, -0.25) is 0 Å². The van der Waals surface area contributed by atoms with E-state index in [9.17, 15) is 4.39 Å². The van der Waals surface area contributed by atoms with Gasteiger partial charge in [-0.05, 0) is 24.6 Å². The van der Waals surface area contributed by atoms with Crippen LogP contribution in [0.2, 0.25) is 0 Å². The smallest absolute Gasteiger partial charge is 0.126 e. The molecule has 0 aliphatic heterocycles. The molecule has 0 bridgehead atoms. The highest BCUT2D eigenvalue weighted by Crippen LogP contribution is 2.24. The zero-order chi connectivity index (χ0) is 11.3. The summed E-state index contributed by atoms with van der Waals surface area (Å²) in [6.45, 7) is 8.05. The molecule has 1 nitrogen and oxygen atoms in total. The summed E-state index contributed by atoms with van der Waals surface area (Å²) >= 11 is 0. The predicted molar refractivity (Wildman–Crippen MR) is 62.6 cm³/mol. The van der Waals surface area contributed by atoms with E-state index in [-0.39, 0.29) is 11.2 Å². The molecule has 0 amide bonds. The fraction of sp³-hybridized carbons (Fsp3) is 0.538. The number of rotatable bonds is 5. The fourth-order valence-electron chi connectivity index (χ4n) is 1.68. The average molecular weight is 209 g/mol. The van der Waals surface area contributed by atoms with Crippen LogP contribution >= 0.6 is 0 Å². The van der Waals surface area contributed by atoms with Crippen molar-refractivity contribution < 1.29 is 4.39 Å². The van der Waals surface area contributed by atoms with E-state index < -0.39 is 0 Å². The molecule has 0 aliphatic carbocycles. The maximum Gasteiger partial charge on any atom is 0.126 e. The summed E-state index contributed by atoms with van der Waals surface area (Å²) in [4.78, 5) is 0. The van der Waals surface area contributed by atoms with E-state index >= 15 is 0 Å². The van der Waals surface area contributed by atoms with E-state index in [1.807, 2.05) is 12.1 Å². The first kappa shape index (κ1) is 12.2. The van der Waals surface area contributed by atoms with Crippen LogP contribution in [0.5, 0.6) is 0 Å². The van der Waals surface area contributed by atoms with Gasteiger partial charge < -0.3 is 5.32 Å². The summed E-state index contributed by atoms with van der Waals surface area (Å²) < 4.78 is 13.6. The van der Waals surface area contributed by atoms with Gasteiger partial charge in [0.1, 0.15) is 5.82 Å². The van der Waals surface area contributed by atoms with Crippen LogP contribution in [0.3, 0.4) is 0 Å². The second-order valence-corrected chi connectivity index (χ2v) is 4.54. The highest BCUT2D eigenvalue weighted by molar-refractivity contribution is 5.25. The van der Waals surface area contributed by atoms with Crippen LogP contribution in [0, 0.1) is 5.82 Å². The lowest BCUT2D eigenvalue weighted by molar-refractivity contribution is 0.445. The molecule has 0 aliphatic rings. The Morgan fingerprint density at radius 1 is 1.27 bits per heavy atom. The van der Waals surface area contributed by atoms with Crippen molar-refractivity contribution in [1.29, 1.82) is 0 Å². The Morgan fingerprint density at radius 3 is 2.53 bits per heavy atom. The topological polar surface area (TPSA) is 12.0 Å². The minimum absolute atomic E-state index is 0.110. The third kappa shape index (κ3) is 3.31. The molecule has 0 unspecified atom stereocenters. The molecule has 0 atom stereocenters. The summed E-state index contributed by atoms with van der Waals surface area (Å²) in [5.74, 6) is -0.110. The third-order valence-electron chi connectivity index (χ3n) is 2.60. The molecule has 0 fully saturated rings. The van der Waals surface area contributed by atoms with Gasteiger partial charge in [-0.2, -0.15) is 0 Å². The van der Waals surface area contributed by atoms with Crippen molar-refractivity contribution in [3.05, 3.63) is 35.6 Å². The van der Waals surface area contributed by atoms with Crippen molar-refractivity contribution in [1.82, 2.24) is 5.32 Å². The van der Waals surface area contributed by atoms with Crippen LogP contribution in [0.4, 0.5) is 4.39 Å². The Morgan fingerprint density at radius 2 is 1.93 bits per heavy atom. The first-order chi connectivity index (χ1) is 7.08. The Bertz CT molecular complexity index is 307. The maximum atomic E-state index is 13.6. The Kier molecular flexibility index (Phi) is 4.28.